The minimum atomic E-state index is -5.54. The van der Waals surface area contributed by atoms with Gasteiger partial charge in [0.15, 0.2) is 0 Å². The third-order valence-corrected chi connectivity index (χ3v) is 5.58. The summed E-state index contributed by atoms with van der Waals surface area (Å²) in [5.41, 5.74) is 0. The lowest BCUT2D eigenvalue weighted by molar-refractivity contribution is -0.173. The molecule has 0 aromatic rings. The standard InChI is InChI=1S/C17H27NO11S/c1-7-14(21)17(15(22)26-6,28-12(5)20)30(24,25)29-16(23)27-10-13(11(4)19)18(8-2)9-3/h13H,7-10H2,1-6H3. The van der Waals surface area contributed by atoms with E-state index in [0.717, 1.165) is 14.0 Å². The summed E-state index contributed by atoms with van der Waals surface area (Å²) >= 11 is 0. The Morgan fingerprint density at radius 1 is 1.00 bits per heavy atom. The van der Waals surface area contributed by atoms with Crippen LogP contribution in [0.4, 0.5) is 4.79 Å². The summed E-state index contributed by atoms with van der Waals surface area (Å²) in [5, 5.41) is 0. The van der Waals surface area contributed by atoms with E-state index in [1.807, 2.05) is 0 Å². The van der Waals surface area contributed by atoms with Crippen molar-refractivity contribution in [3.8, 4) is 0 Å². The third-order valence-electron chi connectivity index (χ3n) is 4.04. The molecule has 0 aliphatic rings. The van der Waals surface area contributed by atoms with Crippen LogP contribution in [0.5, 0.6) is 0 Å². The van der Waals surface area contributed by atoms with Crippen molar-refractivity contribution >= 4 is 39.8 Å². The van der Waals surface area contributed by atoms with Gasteiger partial charge in [-0.1, -0.05) is 20.8 Å². The Balaban J connectivity index is 5.82. The minimum absolute atomic E-state index is 0.348. The van der Waals surface area contributed by atoms with Gasteiger partial charge in [-0.05, 0) is 20.0 Å². The van der Waals surface area contributed by atoms with E-state index in [9.17, 15) is 32.4 Å². The molecule has 0 saturated heterocycles. The van der Waals surface area contributed by atoms with E-state index in [1.54, 1.807) is 18.7 Å². The van der Waals surface area contributed by atoms with Crippen LogP contribution in [-0.4, -0.2) is 80.8 Å². The molecule has 172 valence electrons. The first-order valence-electron chi connectivity index (χ1n) is 9.00. The Bertz CT molecular complexity index is 755. The molecule has 0 aromatic heterocycles. The van der Waals surface area contributed by atoms with Gasteiger partial charge in [0.1, 0.15) is 18.4 Å². The van der Waals surface area contributed by atoms with Crippen LogP contribution in [0, 0.1) is 0 Å². The van der Waals surface area contributed by atoms with Gasteiger partial charge in [0.25, 0.3) is 0 Å². The molecule has 0 heterocycles. The molecule has 0 aromatic carbocycles. The van der Waals surface area contributed by atoms with E-state index in [0.29, 0.717) is 13.1 Å². The van der Waals surface area contributed by atoms with Crippen LogP contribution in [0.25, 0.3) is 0 Å². The van der Waals surface area contributed by atoms with Crippen molar-refractivity contribution in [1.82, 2.24) is 4.90 Å². The minimum Gasteiger partial charge on any atom is -0.465 e. The van der Waals surface area contributed by atoms with Gasteiger partial charge in [0, 0.05) is 13.3 Å². The number of Topliss-reactive ketones (excluding diaryl/α,β-unsaturated/α-hetero) is 2. The molecule has 0 amide bonds. The molecule has 0 aliphatic carbocycles. The van der Waals surface area contributed by atoms with E-state index in [2.05, 4.69) is 13.7 Å². The number of rotatable bonds is 12. The molecule has 30 heavy (non-hydrogen) atoms. The van der Waals surface area contributed by atoms with E-state index in [4.69, 9.17) is 4.74 Å². The lowest BCUT2D eigenvalue weighted by Gasteiger charge is -2.28. The van der Waals surface area contributed by atoms with Crippen LogP contribution in [0.2, 0.25) is 0 Å². The zero-order valence-electron chi connectivity index (χ0n) is 17.8. The van der Waals surface area contributed by atoms with Crippen LogP contribution in [0.3, 0.4) is 0 Å². The SMILES string of the molecule is CCC(=O)C(OC(C)=O)(C(=O)OC)S(=O)(=O)OC(=O)OCC(C(C)=O)N(CC)CC. The van der Waals surface area contributed by atoms with Gasteiger partial charge in [0.2, 0.25) is 5.78 Å². The average molecular weight is 453 g/mol. The highest BCUT2D eigenvalue weighted by Crippen LogP contribution is 2.27. The molecule has 2 atom stereocenters. The summed E-state index contributed by atoms with van der Waals surface area (Å²) in [6.07, 6.45) is -2.40. The Morgan fingerprint density at radius 3 is 1.90 bits per heavy atom. The number of likely N-dealkylation sites (N-methyl/N-ethyl adjacent to an activating group) is 1. The van der Waals surface area contributed by atoms with Crippen molar-refractivity contribution in [1.29, 1.82) is 0 Å². The number of ketones is 2. The lowest BCUT2D eigenvalue weighted by Crippen LogP contribution is -2.57. The van der Waals surface area contributed by atoms with Gasteiger partial charge in [0.05, 0.1) is 7.11 Å². The molecule has 0 spiro atoms. The number of hydrogen-bond donors (Lipinski definition) is 0. The second-order valence-corrected chi connectivity index (χ2v) is 7.57. The van der Waals surface area contributed by atoms with Crippen LogP contribution >= 0.6 is 0 Å². The van der Waals surface area contributed by atoms with Gasteiger partial charge in [-0.2, -0.15) is 8.42 Å². The largest absolute Gasteiger partial charge is 0.524 e. The normalized spacial score (nSPS) is 14.2. The van der Waals surface area contributed by atoms with Gasteiger partial charge < -0.3 is 18.4 Å². The highest BCUT2D eigenvalue weighted by atomic mass is 32.2. The number of nitrogens with zero attached hydrogens (tertiary/aromatic N) is 1. The summed E-state index contributed by atoms with van der Waals surface area (Å²) in [7, 11) is -4.79. The molecular weight excluding hydrogens is 426 g/mol. The number of carbonyl (C=O) groups is 5. The first-order valence-corrected chi connectivity index (χ1v) is 10.4. The number of methoxy groups -OCH3 is 1. The van der Waals surface area contributed by atoms with Gasteiger partial charge in [-0.3, -0.25) is 19.3 Å². The Kier molecular flexibility index (Phi) is 10.6. The maximum absolute atomic E-state index is 12.6. The predicted octanol–water partition coefficient (Wildman–Crippen LogP) is 0.180. The molecule has 0 radical (unpaired) electrons. The number of hydrogen-bond acceptors (Lipinski definition) is 12. The predicted molar refractivity (Wildman–Crippen MR) is 101 cm³/mol. The average Bonchev–Trinajstić information content (AvgIpc) is 2.66. The highest BCUT2D eigenvalue weighted by Gasteiger charge is 2.64. The third kappa shape index (κ3) is 6.23. The fourth-order valence-corrected chi connectivity index (χ4v) is 3.81. The summed E-state index contributed by atoms with van der Waals surface area (Å²) < 4.78 is 43.0. The van der Waals surface area contributed by atoms with Crippen LogP contribution in [-0.2, 0) is 47.7 Å². The Labute approximate surface area is 174 Å². The van der Waals surface area contributed by atoms with Gasteiger partial charge >= 0.3 is 33.1 Å². The molecule has 0 saturated carbocycles. The van der Waals surface area contributed by atoms with E-state index < -0.39 is 58.0 Å². The van der Waals surface area contributed by atoms with Crippen molar-refractivity contribution in [3.63, 3.8) is 0 Å². The molecule has 12 nitrogen and oxygen atoms in total. The van der Waals surface area contributed by atoms with Gasteiger partial charge in [-0.15, -0.1) is 0 Å². The van der Waals surface area contributed by atoms with E-state index in [-0.39, 0.29) is 5.78 Å². The topological polar surface area (TPSA) is 160 Å². The first-order chi connectivity index (χ1) is 13.8. The van der Waals surface area contributed by atoms with Crippen molar-refractivity contribution in [3.05, 3.63) is 0 Å². The maximum atomic E-state index is 12.6. The zero-order valence-corrected chi connectivity index (χ0v) is 18.6. The lowest BCUT2D eigenvalue weighted by atomic mass is 10.2. The van der Waals surface area contributed by atoms with Crippen molar-refractivity contribution < 1.29 is 50.8 Å². The molecule has 13 heteroatoms. The molecule has 0 fully saturated rings. The zero-order chi connectivity index (χ0) is 23.7. The van der Waals surface area contributed by atoms with Crippen molar-refractivity contribution in [2.75, 3.05) is 26.8 Å². The number of esters is 2. The molecule has 0 rings (SSSR count). The molecule has 0 N–H and O–H groups in total. The molecule has 0 aliphatic heterocycles. The second kappa shape index (κ2) is 11.6. The van der Waals surface area contributed by atoms with Crippen molar-refractivity contribution in [2.24, 2.45) is 0 Å². The highest BCUT2D eigenvalue weighted by molar-refractivity contribution is 7.90. The second-order valence-electron chi connectivity index (χ2n) is 5.92. The molecular formula is C17H27NO11S. The molecule has 2 unspecified atom stereocenters. The van der Waals surface area contributed by atoms with Crippen LogP contribution in [0.1, 0.15) is 41.0 Å². The van der Waals surface area contributed by atoms with Crippen LogP contribution in [0.15, 0.2) is 0 Å². The maximum Gasteiger partial charge on any atom is 0.524 e. The van der Waals surface area contributed by atoms with Crippen molar-refractivity contribution in [2.45, 2.75) is 52.0 Å². The van der Waals surface area contributed by atoms with Gasteiger partial charge in [-0.25, -0.2) is 9.59 Å². The fourth-order valence-electron chi connectivity index (χ4n) is 2.54. The monoisotopic (exact) mass is 453 g/mol. The first kappa shape index (κ1) is 27.5. The fraction of sp³-hybridized carbons (Fsp3) is 0.706. The summed E-state index contributed by atoms with van der Waals surface area (Å²) in [4.78, 5) is 57.7. The number of carbonyl (C=O) groups excluding carboxylic acids is 5. The smallest absolute Gasteiger partial charge is 0.465 e. The molecule has 0 bridgehead atoms. The Morgan fingerprint density at radius 2 is 1.53 bits per heavy atom. The number of ether oxygens (including phenoxy) is 3. The summed E-state index contributed by atoms with van der Waals surface area (Å²) in [6, 6.07) is -0.869. The van der Waals surface area contributed by atoms with E-state index in [1.165, 1.54) is 13.8 Å². The summed E-state index contributed by atoms with van der Waals surface area (Å²) in [6.45, 7) is 7.07. The van der Waals surface area contributed by atoms with Crippen LogP contribution < -0.4 is 0 Å². The Hall–Kier alpha value is -2.54. The van der Waals surface area contributed by atoms with E-state index >= 15 is 0 Å². The summed E-state index contributed by atoms with van der Waals surface area (Å²) in [5.74, 6) is -4.84. The quantitative estimate of drug-likeness (QED) is 0.171.